The van der Waals surface area contributed by atoms with E-state index in [-0.39, 0.29) is 5.91 Å². The van der Waals surface area contributed by atoms with E-state index in [1.807, 2.05) is 38.1 Å². The summed E-state index contributed by atoms with van der Waals surface area (Å²) in [5.41, 5.74) is 4.00. The lowest BCUT2D eigenvalue weighted by Crippen LogP contribution is -2.35. The molecule has 0 aliphatic carbocycles. The smallest absolute Gasteiger partial charge is 0.251 e. The molecule has 0 aromatic heterocycles. The maximum absolute atomic E-state index is 12.5. The van der Waals surface area contributed by atoms with E-state index in [1.165, 1.54) is 5.56 Å². The fourth-order valence-corrected chi connectivity index (χ4v) is 3.25. The molecule has 1 amide bonds. The van der Waals surface area contributed by atoms with Gasteiger partial charge in [-0.3, -0.25) is 9.69 Å². The molecule has 2 aromatic carbocycles. The lowest BCUT2D eigenvalue weighted by molar-refractivity contribution is 0.0342. The second-order valence-corrected chi connectivity index (χ2v) is 6.80. The van der Waals surface area contributed by atoms with Crippen LogP contribution in [0.5, 0.6) is 5.75 Å². The number of rotatable bonds is 7. The first-order chi connectivity index (χ1) is 13.2. The fourth-order valence-electron chi connectivity index (χ4n) is 3.25. The van der Waals surface area contributed by atoms with Gasteiger partial charge in [-0.2, -0.15) is 0 Å². The number of nitrogens with zero attached hydrogens (tertiary/aromatic N) is 1. The van der Waals surface area contributed by atoms with Crippen LogP contribution < -0.4 is 10.1 Å². The highest BCUT2D eigenvalue weighted by molar-refractivity contribution is 5.94. The van der Waals surface area contributed by atoms with Gasteiger partial charge in [0.1, 0.15) is 5.75 Å². The van der Waals surface area contributed by atoms with Gasteiger partial charge < -0.3 is 14.8 Å². The minimum absolute atomic E-state index is 0.0697. The third-order valence-electron chi connectivity index (χ3n) is 4.69. The summed E-state index contributed by atoms with van der Waals surface area (Å²) >= 11 is 0. The molecule has 5 heteroatoms. The Hall–Kier alpha value is -2.37. The Bertz CT molecular complexity index is 770. The average molecular weight is 368 g/mol. The zero-order valence-corrected chi connectivity index (χ0v) is 16.2. The van der Waals surface area contributed by atoms with E-state index < -0.39 is 0 Å². The third-order valence-corrected chi connectivity index (χ3v) is 4.69. The molecule has 0 atom stereocenters. The molecule has 1 aliphatic rings. The Balaban J connectivity index is 1.57. The minimum atomic E-state index is -0.0697. The number of aryl methyl sites for hydroxylation is 1. The van der Waals surface area contributed by atoms with Gasteiger partial charge in [-0.1, -0.05) is 24.3 Å². The Morgan fingerprint density at radius 2 is 1.93 bits per heavy atom. The van der Waals surface area contributed by atoms with E-state index in [1.54, 1.807) is 0 Å². The van der Waals surface area contributed by atoms with Gasteiger partial charge in [0.25, 0.3) is 5.91 Å². The molecule has 0 saturated carbocycles. The lowest BCUT2D eigenvalue weighted by atomic mass is 10.1. The summed E-state index contributed by atoms with van der Waals surface area (Å²) in [5, 5.41) is 3.01. The van der Waals surface area contributed by atoms with Crippen molar-refractivity contribution >= 4 is 5.91 Å². The first kappa shape index (κ1) is 19.4. The van der Waals surface area contributed by atoms with Crippen molar-refractivity contribution in [1.82, 2.24) is 10.2 Å². The Labute approximate surface area is 161 Å². The molecule has 0 radical (unpaired) electrons. The van der Waals surface area contributed by atoms with Crippen molar-refractivity contribution in [3.8, 4) is 5.75 Å². The maximum Gasteiger partial charge on any atom is 0.251 e. The molecule has 1 heterocycles. The molecule has 0 bridgehead atoms. The Morgan fingerprint density at radius 3 is 2.67 bits per heavy atom. The maximum atomic E-state index is 12.5. The Morgan fingerprint density at radius 1 is 1.15 bits per heavy atom. The molecule has 1 aliphatic heterocycles. The molecular weight excluding hydrogens is 340 g/mol. The highest BCUT2D eigenvalue weighted by Gasteiger charge is 2.11. The molecule has 1 N–H and O–H groups in total. The van der Waals surface area contributed by atoms with Crippen LogP contribution in [0.2, 0.25) is 0 Å². The molecule has 27 heavy (non-hydrogen) atoms. The van der Waals surface area contributed by atoms with Gasteiger partial charge in [0.05, 0.1) is 19.8 Å². The van der Waals surface area contributed by atoms with E-state index in [4.69, 9.17) is 9.47 Å². The van der Waals surface area contributed by atoms with E-state index in [9.17, 15) is 4.79 Å². The van der Waals surface area contributed by atoms with Crippen LogP contribution >= 0.6 is 0 Å². The molecule has 0 unspecified atom stereocenters. The van der Waals surface area contributed by atoms with Gasteiger partial charge >= 0.3 is 0 Å². The van der Waals surface area contributed by atoms with Crippen LogP contribution in [0.4, 0.5) is 0 Å². The van der Waals surface area contributed by atoms with E-state index >= 15 is 0 Å². The van der Waals surface area contributed by atoms with Gasteiger partial charge in [-0.25, -0.2) is 0 Å². The molecular formula is C22H28N2O3. The van der Waals surface area contributed by atoms with Crippen molar-refractivity contribution in [1.29, 1.82) is 0 Å². The number of carbonyl (C=O) groups excluding carboxylic acids is 1. The number of carbonyl (C=O) groups is 1. The number of ether oxygens (including phenoxy) is 2. The summed E-state index contributed by atoms with van der Waals surface area (Å²) in [5.74, 6) is 0.754. The molecule has 5 nitrogen and oxygen atoms in total. The second kappa shape index (κ2) is 9.53. The van der Waals surface area contributed by atoms with Crippen LogP contribution in [-0.2, 0) is 17.8 Å². The fraction of sp³-hybridized carbons (Fsp3) is 0.409. The van der Waals surface area contributed by atoms with Crippen molar-refractivity contribution in [3.63, 3.8) is 0 Å². The van der Waals surface area contributed by atoms with Crippen molar-refractivity contribution in [3.05, 3.63) is 64.7 Å². The van der Waals surface area contributed by atoms with Crippen LogP contribution in [0.15, 0.2) is 42.5 Å². The second-order valence-electron chi connectivity index (χ2n) is 6.80. The summed E-state index contributed by atoms with van der Waals surface area (Å²) < 4.78 is 10.9. The summed E-state index contributed by atoms with van der Waals surface area (Å²) in [6, 6.07) is 13.9. The monoisotopic (exact) mass is 368 g/mol. The van der Waals surface area contributed by atoms with Crippen molar-refractivity contribution in [2.45, 2.75) is 26.9 Å². The number of hydrogen-bond donors (Lipinski definition) is 1. The molecule has 3 rings (SSSR count). The first-order valence-corrected chi connectivity index (χ1v) is 9.55. The molecule has 2 aromatic rings. The van der Waals surface area contributed by atoms with Crippen molar-refractivity contribution in [2.24, 2.45) is 0 Å². The van der Waals surface area contributed by atoms with E-state index in [0.29, 0.717) is 18.7 Å². The average Bonchev–Trinajstić information content (AvgIpc) is 2.69. The molecule has 0 spiro atoms. The molecule has 144 valence electrons. The highest BCUT2D eigenvalue weighted by atomic mass is 16.5. The topological polar surface area (TPSA) is 50.8 Å². The quantitative estimate of drug-likeness (QED) is 0.816. The summed E-state index contributed by atoms with van der Waals surface area (Å²) in [4.78, 5) is 14.9. The standard InChI is InChI=1S/C22H28N2O3/c1-3-27-21-8-7-20(13-17(21)2)22(25)23-15-18-5-4-6-19(14-18)16-24-9-11-26-12-10-24/h4-8,13-14H,3,9-12,15-16H2,1-2H3,(H,23,25). The predicted octanol–water partition coefficient (Wildman–Crippen LogP) is 3.16. The molecule has 1 saturated heterocycles. The van der Waals surface area contributed by atoms with Gasteiger partial charge in [-0.15, -0.1) is 0 Å². The van der Waals surface area contributed by atoms with Gasteiger partial charge in [0.2, 0.25) is 0 Å². The first-order valence-electron chi connectivity index (χ1n) is 9.55. The van der Waals surface area contributed by atoms with Gasteiger partial charge in [0.15, 0.2) is 0 Å². The SMILES string of the molecule is CCOc1ccc(C(=O)NCc2cccc(CN3CCOCC3)c2)cc1C. The third kappa shape index (κ3) is 5.55. The number of amides is 1. The van der Waals surface area contributed by atoms with Crippen molar-refractivity contribution < 1.29 is 14.3 Å². The number of morpholine rings is 1. The van der Waals surface area contributed by atoms with Crippen molar-refractivity contribution in [2.75, 3.05) is 32.9 Å². The van der Waals surface area contributed by atoms with Crippen LogP contribution in [0.25, 0.3) is 0 Å². The van der Waals surface area contributed by atoms with Crippen LogP contribution in [0.1, 0.15) is 34.0 Å². The molecule has 1 fully saturated rings. The largest absolute Gasteiger partial charge is 0.494 e. The van der Waals surface area contributed by atoms with Gasteiger partial charge in [-0.05, 0) is 48.7 Å². The van der Waals surface area contributed by atoms with Crippen LogP contribution in [0, 0.1) is 6.92 Å². The summed E-state index contributed by atoms with van der Waals surface area (Å²) in [6.45, 7) is 9.51. The van der Waals surface area contributed by atoms with E-state index in [0.717, 1.165) is 49.7 Å². The predicted molar refractivity (Wildman–Crippen MR) is 106 cm³/mol. The summed E-state index contributed by atoms with van der Waals surface area (Å²) in [7, 11) is 0. The zero-order valence-electron chi connectivity index (χ0n) is 16.2. The number of hydrogen-bond acceptors (Lipinski definition) is 4. The van der Waals surface area contributed by atoms with Crippen LogP contribution in [-0.4, -0.2) is 43.7 Å². The lowest BCUT2D eigenvalue weighted by Gasteiger charge is -2.26. The number of nitrogens with one attached hydrogen (secondary N) is 1. The minimum Gasteiger partial charge on any atom is -0.494 e. The van der Waals surface area contributed by atoms with Gasteiger partial charge in [0, 0.05) is 31.7 Å². The highest BCUT2D eigenvalue weighted by Crippen LogP contribution is 2.19. The zero-order chi connectivity index (χ0) is 19.1. The van der Waals surface area contributed by atoms with E-state index in [2.05, 4.69) is 28.4 Å². The Kier molecular flexibility index (Phi) is 6.85. The van der Waals surface area contributed by atoms with Crippen LogP contribution in [0.3, 0.4) is 0 Å². The number of benzene rings is 2. The normalized spacial score (nSPS) is 14.7. The summed E-state index contributed by atoms with van der Waals surface area (Å²) in [6.07, 6.45) is 0.